The highest BCUT2D eigenvalue weighted by Crippen LogP contribution is 2.29. The highest BCUT2D eigenvalue weighted by atomic mass is 32.2. The van der Waals surface area contributed by atoms with Crippen LogP contribution in [0.1, 0.15) is 18.4 Å². The van der Waals surface area contributed by atoms with Crippen molar-refractivity contribution in [2.75, 3.05) is 50.0 Å². The summed E-state index contributed by atoms with van der Waals surface area (Å²) in [5.74, 6) is 0.924. The molecule has 2 aromatic carbocycles. The van der Waals surface area contributed by atoms with Gasteiger partial charge in [-0.2, -0.15) is 0 Å². The summed E-state index contributed by atoms with van der Waals surface area (Å²) in [6.07, 6.45) is 1.44. The first-order valence-electron chi connectivity index (χ1n) is 10.8. The Labute approximate surface area is 192 Å². The molecule has 1 amide bonds. The summed E-state index contributed by atoms with van der Waals surface area (Å²) < 4.78 is 6.56. The lowest BCUT2D eigenvalue weighted by molar-refractivity contribution is -0.118. The molecule has 0 atom stereocenters. The molecular weight excluding hydrogens is 426 g/mol. The van der Waals surface area contributed by atoms with Crippen molar-refractivity contribution in [2.45, 2.75) is 24.7 Å². The first kappa shape index (κ1) is 22.3. The number of carbonyl (C=O) groups is 1. The molecule has 1 saturated heterocycles. The lowest BCUT2D eigenvalue weighted by atomic mass is 10.2. The predicted octanol–water partition coefficient (Wildman–Crippen LogP) is 4.84. The van der Waals surface area contributed by atoms with Crippen LogP contribution in [0, 0.1) is 6.92 Å². The molecule has 0 bridgehead atoms. The molecule has 7 heteroatoms. The van der Waals surface area contributed by atoms with Crippen molar-refractivity contribution in [3.05, 3.63) is 54.1 Å². The summed E-state index contributed by atoms with van der Waals surface area (Å²) in [6.45, 7) is 7.32. The zero-order valence-electron chi connectivity index (χ0n) is 18.0. The SMILES string of the molecule is Cc1ccc(SCCC(=O)N(CCCN2CCOCC2)c2nc3ccccc3s2)cc1. The van der Waals surface area contributed by atoms with Gasteiger partial charge in [-0.25, -0.2) is 4.98 Å². The first-order valence-corrected chi connectivity index (χ1v) is 12.6. The third-order valence-electron chi connectivity index (χ3n) is 5.38. The maximum Gasteiger partial charge on any atom is 0.229 e. The summed E-state index contributed by atoms with van der Waals surface area (Å²) in [7, 11) is 0. The van der Waals surface area contributed by atoms with E-state index < -0.39 is 0 Å². The van der Waals surface area contributed by atoms with Gasteiger partial charge in [-0.05, 0) is 37.6 Å². The number of para-hydroxylation sites is 1. The molecule has 0 unspecified atom stereocenters. The number of hydrogen-bond donors (Lipinski definition) is 0. The fourth-order valence-corrected chi connectivity index (χ4v) is 5.46. The van der Waals surface area contributed by atoms with Crippen LogP contribution in [-0.4, -0.2) is 60.9 Å². The van der Waals surface area contributed by atoms with E-state index in [9.17, 15) is 4.79 Å². The van der Waals surface area contributed by atoms with Crippen molar-refractivity contribution in [1.82, 2.24) is 9.88 Å². The minimum atomic E-state index is 0.153. The Balaban J connectivity index is 1.39. The fraction of sp³-hybridized carbons (Fsp3) is 0.417. The average molecular weight is 456 g/mol. The predicted molar refractivity (Wildman–Crippen MR) is 130 cm³/mol. The number of morpholine rings is 1. The molecule has 164 valence electrons. The van der Waals surface area contributed by atoms with Crippen LogP contribution in [-0.2, 0) is 9.53 Å². The van der Waals surface area contributed by atoms with Crippen LogP contribution in [0.15, 0.2) is 53.4 Å². The molecule has 1 aromatic heterocycles. The molecule has 0 radical (unpaired) electrons. The Morgan fingerprint density at radius 3 is 2.71 bits per heavy atom. The van der Waals surface area contributed by atoms with Gasteiger partial charge < -0.3 is 4.74 Å². The molecule has 1 aliphatic heterocycles. The van der Waals surface area contributed by atoms with Gasteiger partial charge in [-0.3, -0.25) is 14.6 Å². The third kappa shape index (κ3) is 6.29. The van der Waals surface area contributed by atoms with E-state index in [2.05, 4.69) is 42.2 Å². The van der Waals surface area contributed by atoms with Crippen molar-refractivity contribution < 1.29 is 9.53 Å². The molecule has 0 aliphatic carbocycles. The summed E-state index contributed by atoms with van der Waals surface area (Å²) >= 11 is 3.34. The van der Waals surface area contributed by atoms with Crippen LogP contribution in [0.3, 0.4) is 0 Å². The van der Waals surface area contributed by atoms with Crippen molar-refractivity contribution in [3.8, 4) is 0 Å². The van der Waals surface area contributed by atoms with Gasteiger partial charge in [0.25, 0.3) is 0 Å². The molecule has 2 heterocycles. The molecule has 1 fully saturated rings. The second-order valence-electron chi connectivity index (χ2n) is 7.73. The number of benzene rings is 2. The Bertz CT molecular complexity index is 951. The van der Waals surface area contributed by atoms with Crippen molar-refractivity contribution in [1.29, 1.82) is 0 Å². The number of fused-ring (bicyclic) bond motifs is 1. The molecule has 31 heavy (non-hydrogen) atoms. The highest BCUT2D eigenvalue weighted by Gasteiger charge is 2.20. The Morgan fingerprint density at radius 1 is 1.16 bits per heavy atom. The molecule has 0 N–H and O–H groups in total. The number of amides is 1. The maximum absolute atomic E-state index is 13.2. The summed E-state index contributed by atoms with van der Waals surface area (Å²) in [4.78, 5) is 23.5. The number of thiazole rings is 1. The normalized spacial score (nSPS) is 14.7. The molecule has 0 spiro atoms. The zero-order chi connectivity index (χ0) is 21.5. The fourth-order valence-electron chi connectivity index (χ4n) is 3.61. The van der Waals surface area contributed by atoms with E-state index >= 15 is 0 Å². The van der Waals surface area contributed by atoms with Crippen molar-refractivity contribution in [2.24, 2.45) is 0 Å². The van der Waals surface area contributed by atoms with Crippen molar-refractivity contribution in [3.63, 3.8) is 0 Å². The number of hydrogen-bond acceptors (Lipinski definition) is 6. The molecule has 3 aromatic rings. The van der Waals surface area contributed by atoms with Gasteiger partial charge in [-0.1, -0.05) is 41.2 Å². The second kappa shape index (κ2) is 11.1. The van der Waals surface area contributed by atoms with E-state index in [4.69, 9.17) is 9.72 Å². The number of carbonyl (C=O) groups excluding carboxylic acids is 1. The van der Waals surface area contributed by atoms with Gasteiger partial charge in [-0.15, -0.1) is 11.8 Å². The number of ether oxygens (including phenoxy) is 1. The summed E-state index contributed by atoms with van der Waals surface area (Å²) in [6, 6.07) is 16.6. The highest BCUT2D eigenvalue weighted by molar-refractivity contribution is 7.99. The second-order valence-corrected chi connectivity index (χ2v) is 9.91. The topological polar surface area (TPSA) is 45.7 Å². The molecule has 5 nitrogen and oxygen atoms in total. The smallest absolute Gasteiger partial charge is 0.229 e. The van der Waals surface area contributed by atoms with E-state index in [1.165, 1.54) is 10.5 Å². The lowest BCUT2D eigenvalue weighted by Gasteiger charge is -2.27. The van der Waals surface area contributed by atoms with Gasteiger partial charge in [0.2, 0.25) is 5.91 Å². The average Bonchev–Trinajstić information content (AvgIpc) is 3.22. The van der Waals surface area contributed by atoms with E-state index in [-0.39, 0.29) is 5.91 Å². The Hall–Kier alpha value is -1.93. The number of rotatable bonds is 9. The third-order valence-corrected chi connectivity index (χ3v) is 7.45. The van der Waals surface area contributed by atoms with Crippen LogP contribution in [0.2, 0.25) is 0 Å². The van der Waals surface area contributed by atoms with Gasteiger partial charge in [0.05, 0.1) is 23.4 Å². The van der Waals surface area contributed by atoms with E-state index in [0.29, 0.717) is 13.0 Å². The van der Waals surface area contributed by atoms with Crippen LogP contribution in [0.4, 0.5) is 5.13 Å². The van der Waals surface area contributed by atoms with Crippen LogP contribution in [0.5, 0.6) is 0 Å². The Morgan fingerprint density at radius 2 is 1.94 bits per heavy atom. The summed E-state index contributed by atoms with van der Waals surface area (Å²) in [5, 5.41) is 0.813. The van der Waals surface area contributed by atoms with E-state index in [1.807, 2.05) is 23.1 Å². The van der Waals surface area contributed by atoms with Crippen LogP contribution >= 0.6 is 23.1 Å². The molecular formula is C24H29N3O2S2. The minimum absolute atomic E-state index is 0.153. The van der Waals surface area contributed by atoms with E-state index in [0.717, 1.165) is 60.4 Å². The van der Waals surface area contributed by atoms with Crippen LogP contribution < -0.4 is 4.90 Å². The van der Waals surface area contributed by atoms with Gasteiger partial charge in [0.1, 0.15) is 0 Å². The first-order chi connectivity index (χ1) is 15.2. The number of aryl methyl sites for hydroxylation is 1. The zero-order valence-corrected chi connectivity index (χ0v) is 19.6. The minimum Gasteiger partial charge on any atom is -0.379 e. The lowest BCUT2D eigenvalue weighted by Crippen LogP contribution is -2.39. The van der Waals surface area contributed by atoms with Gasteiger partial charge >= 0.3 is 0 Å². The monoisotopic (exact) mass is 455 g/mol. The number of anilines is 1. The largest absolute Gasteiger partial charge is 0.379 e. The quantitative estimate of drug-likeness (QED) is 0.432. The van der Waals surface area contributed by atoms with E-state index in [1.54, 1.807) is 23.1 Å². The number of thioether (sulfide) groups is 1. The van der Waals surface area contributed by atoms with Crippen molar-refractivity contribution >= 4 is 44.4 Å². The molecule has 1 aliphatic rings. The molecule has 0 saturated carbocycles. The standard InChI is InChI=1S/C24H29N3O2S2/c1-19-7-9-20(10-8-19)30-18-11-23(28)27(13-4-12-26-14-16-29-17-15-26)24-25-21-5-2-3-6-22(21)31-24/h2-3,5-10H,4,11-18H2,1H3. The maximum atomic E-state index is 13.2. The van der Waals surface area contributed by atoms with Crippen LogP contribution in [0.25, 0.3) is 10.2 Å². The van der Waals surface area contributed by atoms with Gasteiger partial charge in [0, 0.05) is 43.2 Å². The van der Waals surface area contributed by atoms with Gasteiger partial charge in [0.15, 0.2) is 5.13 Å². The number of nitrogens with zero attached hydrogens (tertiary/aromatic N) is 3. The summed E-state index contributed by atoms with van der Waals surface area (Å²) in [5.41, 5.74) is 2.21. The molecule has 4 rings (SSSR count). The number of aromatic nitrogens is 1. The Kier molecular flexibility index (Phi) is 7.97.